The van der Waals surface area contributed by atoms with Crippen LogP contribution in [-0.4, -0.2) is 5.91 Å². The number of ether oxygens (including phenoxy) is 1. The minimum Gasteiger partial charge on any atom is -0.457 e. The molecule has 0 saturated carbocycles. The van der Waals surface area contributed by atoms with Gasteiger partial charge in [0.1, 0.15) is 17.3 Å². The Hall–Kier alpha value is -2.36. The Bertz CT molecular complexity index is 611. The maximum atomic E-state index is 12.9. The highest BCUT2D eigenvalue weighted by atomic mass is 19.1. The lowest BCUT2D eigenvalue weighted by atomic mass is 10.2. The van der Waals surface area contributed by atoms with Crippen LogP contribution in [0.25, 0.3) is 0 Å². The van der Waals surface area contributed by atoms with E-state index in [2.05, 4.69) is 12.2 Å². The van der Waals surface area contributed by atoms with Crippen molar-refractivity contribution in [1.82, 2.24) is 5.32 Å². The van der Waals surface area contributed by atoms with Gasteiger partial charge in [-0.1, -0.05) is 25.5 Å². The summed E-state index contributed by atoms with van der Waals surface area (Å²) in [5, 5.41) is 2.89. The Morgan fingerprint density at radius 3 is 2.64 bits per heavy atom. The highest BCUT2D eigenvalue weighted by Gasteiger charge is 2.03. The summed E-state index contributed by atoms with van der Waals surface area (Å²) in [6, 6.07) is 13.3. The predicted octanol–water partition coefficient (Wildman–Crippen LogP) is 4.42. The van der Waals surface area contributed by atoms with E-state index >= 15 is 0 Å². The number of benzene rings is 2. The molecule has 1 N–H and O–H groups in total. The van der Waals surface area contributed by atoms with E-state index in [1.54, 1.807) is 12.1 Å². The van der Waals surface area contributed by atoms with Crippen molar-refractivity contribution in [2.45, 2.75) is 32.7 Å². The van der Waals surface area contributed by atoms with Crippen LogP contribution < -0.4 is 10.1 Å². The van der Waals surface area contributed by atoms with Crippen LogP contribution in [0, 0.1) is 5.82 Å². The maximum absolute atomic E-state index is 12.9. The molecule has 0 atom stereocenters. The molecular formula is C18H20FNO2. The van der Waals surface area contributed by atoms with E-state index in [0.29, 0.717) is 24.5 Å². The third-order valence-electron chi connectivity index (χ3n) is 3.19. The SMILES string of the molecule is CCCCC(=O)NCc1cccc(Oc2ccc(F)cc2)c1. The number of hydrogen-bond acceptors (Lipinski definition) is 2. The standard InChI is InChI=1S/C18H20FNO2/c1-2-3-7-18(21)20-13-14-5-4-6-17(12-14)22-16-10-8-15(19)9-11-16/h4-6,8-12H,2-3,7,13H2,1H3,(H,20,21). The molecule has 0 radical (unpaired) electrons. The number of carbonyl (C=O) groups excluding carboxylic acids is 1. The Labute approximate surface area is 130 Å². The van der Waals surface area contributed by atoms with Gasteiger partial charge in [0.2, 0.25) is 5.91 Å². The minimum absolute atomic E-state index is 0.0618. The van der Waals surface area contributed by atoms with Gasteiger partial charge in [0.15, 0.2) is 0 Å². The number of amides is 1. The van der Waals surface area contributed by atoms with Crippen LogP contribution in [-0.2, 0) is 11.3 Å². The molecule has 0 aliphatic heterocycles. The number of unbranched alkanes of at least 4 members (excludes halogenated alkanes) is 1. The highest BCUT2D eigenvalue weighted by molar-refractivity contribution is 5.75. The predicted molar refractivity (Wildman–Crippen MR) is 84.3 cm³/mol. The summed E-state index contributed by atoms with van der Waals surface area (Å²) in [5.41, 5.74) is 0.962. The molecule has 2 rings (SSSR count). The van der Waals surface area contributed by atoms with E-state index in [4.69, 9.17) is 4.74 Å². The molecule has 1 amide bonds. The van der Waals surface area contributed by atoms with Crippen molar-refractivity contribution in [2.24, 2.45) is 0 Å². The Morgan fingerprint density at radius 2 is 1.91 bits per heavy atom. The number of carbonyl (C=O) groups is 1. The molecule has 0 heterocycles. The molecule has 4 heteroatoms. The highest BCUT2D eigenvalue weighted by Crippen LogP contribution is 2.22. The fourth-order valence-electron chi connectivity index (χ4n) is 1.98. The molecule has 2 aromatic carbocycles. The van der Waals surface area contributed by atoms with Crippen LogP contribution in [0.5, 0.6) is 11.5 Å². The van der Waals surface area contributed by atoms with Crippen LogP contribution in [0.1, 0.15) is 31.7 Å². The second-order valence-corrected chi connectivity index (χ2v) is 5.08. The molecule has 0 unspecified atom stereocenters. The third kappa shape index (κ3) is 5.20. The molecule has 0 spiro atoms. The first-order valence-corrected chi connectivity index (χ1v) is 7.46. The van der Waals surface area contributed by atoms with Crippen molar-refractivity contribution >= 4 is 5.91 Å². The van der Waals surface area contributed by atoms with E-state index in [9.17, 15) is 9.18 Å². The second-order valence-electron chi connectivity index (χ2n) is 5.08. The molecule has 0 saturated heterocycles. The summed E-state index contributed by atoms with van der Waals surface area (Å²) in [7, 11) is 0. The summed E-state index contributed by atoms with van der Waals surface area (Å²) in [5.74, 6) is 1.00. The van der Waals surface area contributed by atoms with Crippen LogP contribution >= 0.6 is 0 Å². The largest absolute Gasteiger partial charge is 0.457 e. The molecule has 0 aliphatic rings. The molecule has 0 aromatic heterocycles. The van der Waals surface area contributed by atoms with Gasteiger partial charge in [-0.2, -0.15) is 0 Å². The van der Waals surface area contributed by atoms with Gasteiger partial charge in [0.25, 0.3) is 0 Å². The van der Waals surface area contributed by atoms with Gasteiger partial charge in [-0.15, -0.1) is 0 Å². The summed E-state index contributed by atoms with van der Waals surface area (Å²) < 4.78 is 18.5. The lowest BCUT2D eigenvalue weighted by Gasteiger charge is -2.09. The van der Waals surface area contributed by atoms with Crippen LogP contribution in [0.2, 0.25) is 0 Å². The fourth-order valence-corrected chi connectivity index (χ4v) is 1.98. The Morgan fingerprint density at radius 1 is 1.14 bits per heavy atom. The van der Waals surface area contributed by atoms with Gasteiger partial charge < -0.3 is 10.1 Å². The summed E-state index contributed by atoms with van der Waals surface area (Å²) in [6.07, 6.45) is 2.47. The van der Waals surface area contributed by atoms with E-state index in [0.717, 1.165) is 18.4 Å². The van der Waals surface area contributed by atoms with Gasteiger partial charge >= 0.3 is 0 Å². The van der Waals surface area contributed by atoms with Crippen molar-refractivity contribution in [1.29, 1.82) is 0 Å². The zero-order valence-corrected chi connectivity index (χ0v) is 12.6. The van der Waals surface area contributed by atoms with Crippen molar-refractivity contribution in [3.63, 3.8) is 0 Å². The fraction of sp³-hybridized carbons (Fsp3) is 0.278. The normalized spacial score (nSPS) is 10.3. The monoisotopic (exact) mass is 301 g/mol. The molecule has 0 bridgehead atoms. The van der Waals surface area contributed by atoms with E-state index in [-0.39, 0.29) is 11.7 Å². The van der Waals surface area contributed by atoms with Crippen molar-refractivity contribution in [2.75, 3.05) is 0 Å². The topological polar surface area (TPSA) is 38.3 Å². The smallest absolute Gasteiger partial charge is 0.220 e. The summed E-state index contributed by atoms with van der Waals surface area (Å²) >= 11 is 0. The first-order chi connectivity index (χ1) is 10.7. The molecule has 2 aromatic rings. The van der Waals surface area contributed by atoms with Gasteiger partial charge in [-0.25, -0.2) is 4.39 Å². The average Bonchev–Trinajstić information content (AvgIpc) is 2.53. The molecule has 116 valence electrons. The summed E-state index contributed by atoms with van der Waals surface area (Å²) in [4.78, 5) is 11.6. The van der Waals surface area contributed by atoms with Gasteiger partial charge in [-0.05, 0) is 48.4 Å². The van der Waals surface area contributed by atoms with E-state index in [1.807, 2.05) is 24.3 Å². The zero-order chi connectivity index (χ0) is 15.8. The van der Waals surface area contributed by atoms with Crippen LogP contribution in [0.3, 0.4) is 0 Å². The Balaban J connectivity index is 1.92. The molecule has 0 aliphatic carbocycles. The lowest BCUT2D eigenvalue weighted by molar-refractivity contribution is -0.121. The molecule has 0 fully saturated rings. The number of hydrogen-bond donors (Lipinski definition) is 1. The molecule has 3 nitrogen and oxygen atoms in total. The van der Waals surface area contributed by atoms with Crippen molar-refractivity contribution in [3.8, 4) is 11.5 Å². The quantitative estimate of drug-likeness (QED) is 0.822. The van der Waals surface area contributed by atoms with Gasteiger partial charge in [-0.3, -0.25) is 4.79 Å². The van der Waals surface area contributed by atoms with Crippen molar-refractivity contribution in [3.05, 3.63) is 59.9 Å². The zero-order valence-electron chi connectivity index (χ0n) is 12.6. The number of rotatable bonds is 7. The maximum Gasteiger partial charge on any atom is 0.220 e. The summed E-state index contributed by atoms with van der Waals surface area (Å²) in [6.45, 7) is 2.53. The van der Waals surface area contributed by atoms with Crippen LogP contribution in [0.4, 0.5) is 4.39 Å². The van der Waals surface area contributed by atoms with Crippen molar-refractivity contribution < 1.29 is 13.9 Å². The van der Waals surface area contributed by atoms with Gasteiger partial charge in [0, 0.05) is 13.0 Å². The third-order valence-corrected chi connectivity index (χ3v) is 3.19. The molecular weight excluding hydrogens is 281 g/mol. The minimum atomic E-state index is -0.295. The first kappa shape index (κ1) is 16.0. The molecule has 22 heavy (non-hydrogen) atoms. The van der Waals surface area contributed by atoms with E-state index in [1.165, 1.54) is 12.1 Å². The first-order valence-electron chi connectivity index (χ1n) is 7.46. The average molecular weight is 301 g/mol. The second kappa shape index (κ2) is 8.17. The lowest BCUT2D eigenvalue weighted by Crippen LogP contribution is -2.22. The number of halogens is 1. The Kier molecular flexibility index (Phi) is 5.95. The van der Waals surface area contributed by atoms with E-state index < -0.39 is 0 Å². The van der Waals surface area contributed by atoms with Crippen LogP contribution in [0.15, 0.2) is 48.5 Å². The van der Waals surface area contributed by atoms with Gasteiger partial charge in [0.05, 0.1) is 0 Å². The number of nitrogens with one attached hydrogen (secondary N) is 1.